The van der Waals surface area contributed by atoms with Crippen LogP contribution < -0.4 is 5.56 Å². The fourth-order valence-corrected chi connectivity index (χ4v) is 3.18. The van der Waals surface area contributed by atoms with Crippen LogP contribution in [0.25, 0.3) is 10.9 Å². The molecule has 0 spiro atoms. The Bertz CT molecular complexity index is 665. The number of nitrogens with zero attached hydrogens (tertiary/aromatic N) is 1. The maximum atomic E-state index is 12.2. The predicted octanol–water partition coefficient (Wildman–Crippen LogP) is 2.27. The van der Waals surface area contributed by atoms with Gasteiger partial charge in [-0.2, -0.15) is 0 Å². The van der Waals surface area contributed by atoms with Gasteiger partial charge in [0.1, 0.15) is 0 Å². The van der Waals surface area contributed by atoms with E-state index in [1.165, 1.54) is 6.42 Å². The van der Waals surface area contributed by atoms with Crippen molar-refractivity contribution in [1.82, 2.24) is 9.88 Å². The third-order valence-electron chi connectivity index (χ3n) is 4.41. The van der Waals surface area contributed by atoms with Crippen molar-refractivity contribution in [3.63, 3.8) is 0 Å². The molecule has 0 amide bonds. The summed E-state index contributed by atoms with van der Waals surface area (Å²) in [5.41, 5.74) is 1.64. The number of H-pyrrole nitrogens is 1. The van der Waals surface area contributed by atoms with Gasteiger partial charge in [-0.3, -0.25) is 9.69 Å². The summed E-state index contributed by atoms with van der Waals surface area (Å²) in [6, 6.07) is 10.00. The van der Waals surface area contributed by atoms with Crippen LogP contribution in [0.4, 0.5) is 0 Å². The molecule has 2 heterocycles. The zero-order chi connectivity index (χ0) is 14.7. The number of hydrogen-bond acceptors (Lipinski definition) is 3. The minimum absolute atomic E-state index is 0.0189. The molecule has 1 fully saturated rings. The maximum Gasteiger partial charge on any atom is 0.252 e. The van der Waals surface area contributed by atoms with E-state index in [-0.39, 0.29) is 18.2 Å². The number of benzene rings is 1. The lowest BCUT2D eigenvalue weighted by Gasteiger charge is -2.28. The average molecular weight is 286 g/mol. The standard InChI is InChI=1S/C17H22N2O2/c20-12-15-7-2-1-5-9-19(15)11-14-10-13-6-3-4-8-16(13)18-17(14)21/h3-4,6,8,10,15,20H,1-2,5,7,9,11-12H2,(H,18,21). The number of nitrogens with one attached hydrogen (secondary N) is 1. The van der Waals surface area contributed by atoms with Crippen LogP contribution in [0, 0.1) is 0 Å². The number of rotatable bonds is 3. The van der Waals surface area contributed by atoms with E-state index in [1.807, 2.05) is 30.3 Å². The topological polar surface area (TPSA) is 56.3 Å². The molecule has 0 radical (unpaired) electrons. The summed E-state index contributed by atoms with van der Waals surface area (Å²) in [5, 5.41) is 10.6. The van der Waals surface area contributed by atoms with Crippen LogP contribution in [0.3, 0.4) is 0 Å². The Balaban J connectivity index is 1.89. The second kappa shape index (κ2) is 6.41. The molecule has 4 heteroatoms. The molecule has 2 aromatic rings. The van der Waals surface area contributed by atoms with Gasteiger partial charge in [-0.05, 0) is 36.9 Å². The maximum absolute atomic E-state index is 12.2. The van der Waals surface area contributed by atoms with Gasteiger partial charge in [-0.15, -0.1) is 0 Å². The van der Waals surface area contributed by atoms with E-state index in [0.717, 1.165) is 42.3 Å². The van der Waals surface area contributed by atoms with E-state index >= 15 is 0 Å². The van der Waals surface area contributed by atoms with Crippen molar-refractivity contribution in [2.75, 3.05) is 13.2 Å². The fraction of sp³-hybridized carbons (Fsp3) is 0.471. The van der Waals surface area contributed by atoms with Crippen LogP contribution >= 0.6 is 0 Å². The average Bonchev–Trinajstić information content (AvgIpc) is 2.73. The highest BCUT2D eigenvalue weighted by atomic mass is 16.3. The molecule has 1 aromatic heterocycles. The summed E-state index contributed by atoms with van der Waals surface area (Å²) in [6.07, 6.45) is 4.53. The first-order chi connectivity index (χ1) is 10.3. The number of aliphatic hydroxyl groups excluding tert-OH is 1. The highest BCUT2D eigenvalue weighted by molar-refractivity contribution is 5.78. The first-order valence-corrected chi connectivity index (χ1v) is 7.74. The smallest absolute Gasteiger partial charge is 0.252 e. The number of aromatic amines is 1. The molecule has 1 aliphatic heterocycles. The third kappa shape index (κ3) is 3.17. The van der Waals surface area contributed by atoms with Gasteiger partial charge in [-0.1, -0.05) is 31.0 Å². The van der Waals surface area contributed by atoms with Crippen LogP contribution in [-0.4, -0.2) is 34.2 Å². The van der Waals surface area contributed by atoms with E-state index in [1.54, 1.807) is 0 Å². The minimum Gasteiger partial charge on any atom is -0.395 e. The normalized spacial score (nSPS) is 20.5. The van der Waals surface area contributed by atoms with Crippen molar-refractivity contribution < 1.29 is 5.11 Å². The van der Waals surface area contributed by atoms with Gasteiger partial charge in [0.05, 0.1) is 6.61 Å². The molecule has 1 aromatic carbocycles. The first-order valence-electron chi connectivity index (χ1n) is 7.74. The molecule has 1 atom stereocenters. The van der Waals surface area contributed by atoms with Crippen molar-refractivity contribution in [2.45, 2.75) is 38.3 Å². The zero-order valence-electron chi connectivity index (χ0n) is 12.2. The number of aromatic nitrogens is 1. The van der Waals surface area contributed by atoms with Crippen LogP contribution in [0.2, 0.25) is 0 Å². The van der Waals surface area contributed by atoms with Gasteiger partial charge < -0.3 is 10.1 Å². The quantitative estimate of drug-likeness (QED) is 0.910. The lowest BCUT2D eigenvalue weighted by molar-refractivity contribution is 0.118. The van der Waals surface area contributed by atoms with Crippen molar-refractivity contribution in [2.24, 2.45) is 0 Å². The molecule has 21 heavy (non-hydrogen) atoms. The van der Waals surface area contributed by atoms with Gasteiger partial charge >= 0.3 is 0 Å². The second-order valence-corrected chi connectivity index (χ2v) is 5.87. The van der Waals surface area contributed by atoms with E-state index in [0.29, 0.717) is 6.54 Å². The summed E-state index contributed by atoms with van der Waals surface area (Å²) >= 11 is 0. The summed E-state index contributed by atoms with van der Waals surface area (Å²) in [5.74, 6) is 0. The number of hydrogen-bond donors (Lipinski definition) is 2. The molecule has 0 aliphatic carbocycles. The van der Waals surface area contributed by atoms with E-state index in [9.17, 15) is 9.90 Å². The van der Waals surface area contributed by atoms with E-state index in [4.69, 9.17) is 0 Å². The zero-order valence-corrected chi connectivity index (χ0v) is 12.2. The summed E-state index contributed by atoms with van der Waals surface area (Å²) in [7, 11) is 0. The molecular weight excluding hydrogens is 264 g/mol. The SMILES string of the molecule is O=c1[nH]c2ccccc2cc1CN1CCCCCC1CO. The van der Waals surface area contributed by atoms with Gasteiger partial charge in [0.15, 0.2) is 0 Å². The number of fused-ring (bicyclic) bond motifs is 1. The van der Waals surface area contributed by atoms with Crippen LogP contribution in [0.5, 0.6) is 0 Å². The minimum atomic E-state index is -0.0189. The van der Waals surface area contributed by atoms with E-state index in [2.05, 4.69) is 9.88 Å². The monoisotopic (exact) mass is 286 g/mol. The summed E-state index contributed by atoms with van der Waals surface area (Å²) in [4.78, 5) is 17.5. The largest absolute Gasteiger partial charge is 0.395 e. The molecule has 0 bridgehead atoms. The highest BCUT2D eigenvalue weighted by Gasteiger charge is 2.21. The van der Waals surface area contributed by atoms with Crippen LogP contribution in [-0.2, 0) is 6.54 Å². The molecule has 4 nitrogen and oxygen atoms in total. The third-order valence-corrected chi connectivity index (χ3v) is 4.41. The molecule has 3 rings (SSSR count). The Morgan fingerprint density at radius 2 is 2.10 bits per heavy atom. The molecular formula is C17H22N2O2. The van der Waals surface area contributed by atoms with Gasteiger partial charge in [-0.25, -0.2) is 0 Å². The fourth-order valence-electron chi connectivity index (χ4n) is 3.18. The Hall–Kier alpha value is -1.65. The second-order valence-electron chi connectivity index (χ2n) is 5.87. The first kappa shape index (κ1) is 14.3. The van der Waals surface area contributed by atoms with Crippen molar-refractivity contribution in [3.8, 4) is 0 Å². The molecule has 2 N–H and O–H groups in total. The Morgan fingerprint density at radius 3 is 2.95 bits per heavy atom. The van der Waals surface area contributed by atoms with Crippen LogP contribution in [0.15, 0.2) is 35.1 Å². The Kier molecular flexibility index (Phi) is 4.36. The number of pyridine rings is 1. The molecule has 1 saturated heterocycles. The van der Waals surface area contributed by atoms with E-state index < -0.39 is 0 Å². The van der Waals surface area contributed by atoms with Crippen LogP contribution in [0.1, 0.15) is 31.2 Å². The lowest BCUT2D eigenvalue weighted by Crippen LogP contribution is -2.38. The molecule has 1 unspecified atom stereocenters. The highest BCUT2D eigenvalue weighted by Crippen LogP contribution is 2.19. The van der Waals surface area contributed by atoms with Crippen molar-refractivity contribution >= 4 is 10.9 Å². The van der Waals surface area contributed by atoms with Gasteiger partial charge in [0.25, 0.3) is 5.56 Å². The molecule has 0 saturated carbocycles. The summed E-state index contributed by atoms with van der Waals surface area (Å²) < 4.78 is 0. The Morgan fingerprint density at radius 1 is 1.24 bits per heavy atom. The lowest BCUT2D eigenvalue weighted by atomic mass is 10.1. The number of aliphatic hydroxyl groups is 1. The van der Waals surface area contributed by atoms with Gasteiger partial charge in [0, 0.05) is 23.7 Å². The molecule has 1 aliphatic rings. The Labute approximate surface area is 124 Å². The molecule has 112 valence electrons. The number of likely N-dealkylation sites (tertiary alicyclic amines) is 1. The summed E-state index contributed by atoms with van der Waals surface area (Å²) in [6.45, 7) is 1.74. The van der Waals surface area contributed by atoms with Crippen molar-refractivity contribution in [3.05, 3.63) is 46.2 Å². The van der Waals surface area contributed by atoms with Crippen molar-refractivity contribution in [1.29, 1.82) is 0 Å². The predicted molar refractivity (Wildman–Crippen MR) is 84.3 cm³/mol. The number of para-hydroxylation sites is 1. The van der Waals surface area contributed by atoms with Gasteiger partial charge in [0.2, 0.25) is 0 Å².